The Kier molecular flexibility index (Phi) is 5.60. The maximum absolute atomic E-state index is 10.7. The minimum Gasteiger partial charge on any atom is -0.480 e. The van der Waals surface area contributed by atoms with E-state index < -0.39 is 5.97 Å². The Morgan fingerprint density at radius 1 is 1.05 bits per heavy atom. The van der Waals surface area contributed by atoms with Crippen LogP contribution in [-0.2, 0) is 4.79 Å². The monoisotopic (exact) mass is 269 g/mol. The molecule has 110 valence electrons. The lowest BCUT2D eigenvalue weighted by molar-refractivity contribution is -0.138. The molecule has 2 heterocycles. The molecule has 2 saturated heterocycles. The van der Waals surface area contributed by atoms with Crippen molar-refractivity contribution in [1.29, 1.82) is 0 Å². The Morgan fingerprint density at radius 3 is 2.21 bits per heavy atom. The second-order valence-corrected chi connectivity index (χ2v) is 5.78. The summed E-state index contributed by atoms with van der Waals surface area (Å²) >= 11 is 0. The fraction of sp³-hybridized carbons (Fsp3) is 0.929. The van der Waals surface area contributed by atoms with E-state index in [0.29, 0.717) is 0 Å². The SMILES string of the molecule is CCCN1CCC(N2CCN(CC(=O)O)CC2)CC1. The molecule has 0 aromatic carbocycles. The molecule has 2 aliphatic rings. The van der Waals surface area contributed by atoms with E-state index in [4.69, 9.17) is 5.11 Å². The van der Waals surface area contributed by atoms with E-state index in [2.05, 4.69) is 16.7 Å². The molecule has 1 N–H and O–H groups in total. The summed E-state index contributed by atoms with van der Waals surface area (Å²) in [4.78, 5) is 17.9. The highest BCUT2D eigenvalue weighted by Crippen LogP contribution is 2.18. The average molecular weight is 269 g/mol. The number of rotatable bonds is 5. The number of piperidine rings is 1. The summed E-state index contributed by atoms with van der Waals surface area (Å²) < 4.78 is 0. The van der Waals surface area contributed by atoms with Crippen molar-refractivity contribution in [1.82, 2.24) is 14.7 Å². The van der Waals surface area contributed by atoms with Crippen LogP contribution in [0.5, 0.6) is 0 Å². The van der Waals surface area contributed by atoms with Crippen LogP contribution in [0.1, 0.15) is 26.2 Å². The number of hydrogen-bond acceptors (Lipinski definition) is 4. The zero-order valence-corrected chi connectivity index (χ0v) is 12.1. The summed E-state index contributed by atoms with van der Waals surface area (Å²) in [7, 11) is 0. The molecular formula is C14H27N3O2. The van der Waals surface area contributed by atoms with Crippen molar-refractivity contribution in [2.45, 2.75) is 32.2 Å². The molecule has 0 aromatic rings. The Bertz CT molecular complexity index is 282. The highest BCUT2D eigenvalue weighted by molar-refractivity contribution is 5.69. The summed E-state index contributed by atoms with van der Waals surface area (Å²) in [5, 5.41) is 8.80. The van der Waals surface area contributed by atoms with Crippen molar-refractivity contribution < 1.29 is 9.90 Å². The van der Waals surface area contributed by atoms with Crippen molar-refractivity contribution in [3.05, 3.63) is 0 Å². The van der Waals surface area contributed by atoms with Gasteiger partial charge in [0.1, 0.15) is 0 Å². The fourth-order valence-corrected chi connectivity index (χ4v) is 3.30. The Morgan fingerprint density at radius 2 is 1.68 bits per heavy atom. The zero-order valence-electron chi connectivity index (χ0n) is 12.1. The molecule has 0 radical (unpaired) electrons. The zero-order chi connectivity index (χ0) is 13.7. The third-order valence-electron chi connectivity index (χ3n) is 4.38. The second kappa shape index (κ2) is 7.22. The van der Waals surface area contributed by atoms with Gasteiger partial charge in [-0.2, -0.15) is 0 Å². The van der Waals surface area contributed by atoms with Gasteiger partial charge in [-0.15, -0.1) is 0 Å². The number of carboxylic acid groups (broad SMARTS) is 1. The molecule has 19 heavy (non-hydrogen) atoms. The summed E-state index contributed by atoms with van der Waals surface area (Å²) in [6.45, 7) is 10.0. The molecule has 2 aliphatic heterocycles. The Balaban J connectivity index is 1.69. The van der Waals surface area contributed by atoms with Gasteiger partial charge in [-0.1, -0.05) is 6.92 Å². The van der Waals surface area contributed by atoms with Crippen molar-refractivity contribution in [2.24, 2.45) is 0 Å². The summed E-state index contributed by atoms with van der Waals surface area (Å²) in [5.41, 5.74) is 0. The predicted molar refractivity (Wildman–Crippen MR) is 75.4 cm³/mol. The quantitative estimate of drug-likeness (QED) is 0.790. The molecule has 2 fully saturated rings. The molecule has 0 saturated carbocycles. The lowest BCUT2D eigenvalue weighted by Crippen LogP contribution is -2.53. The van der Waals surface area contributed by atoms with Crippen molar-refractivity contribution >= 4 is 5.97 Å². The number of piperazine rings is 1. The maximum Gasteiger partial charge on any atom is 0.317 e. The van der Waals surface area contributed by atoms with Crippen LogP contribution in [0, 0.1) is 0 Å². The first-order valence-electron chi connectivity index (χ1n) is 7.59. The summed E-state index contributed by atoms with van der Waals surface area (Å²) in [5.74, 6) is -0.707. The minimum atomic E-state index is -0.707. The van der Waals surface area contributed by atoms with Crippen LogP contribution in [0.3, 0.4) is 0 Å². The van der Waals surface area contributed by atoms with E-state index in [9.17, 15) is 4.79 Å². The van der Waals surface area contributed by atoms with E-state index in [-0.39, 0.29) is 6.54 Å². The lowest BCUT2D eigenvalue weighted by Gasteiger charge is -2.42. The Hall–Kier alpha value is -0.650. The number of aliphatic carboxylic acids is 1. The molecule has 5 nitrogen and oxygen atoms in total. The van der Waals surface area contributed by atoms with Gasteiger partial charge >= 0.3 is 5.97 Å². The van der Waals surface area contributed by atoms with Crippen molar-refractivity contribution in [3.63, 3.8) is 0 Å². The molecule has 2 rings (SSSR count). The van der Waals surface area contributed by atoms with Gasteiger partial charge in [-0.25, -0.2) is 0 Å². The summed E-state index contributed by atoms with van der Waals surface area (Å²) in [6, 6.07) is 0.722. The Labute approximate surface area is 116 Å². The third-order valence-corrected chi connectivity index (χ3v) is 4.38. The number of carbonyl (C=O) groups is 1. The van der Waals surface area contributed by atoms with E-state index in [0.717, 1.165) is 32.2 Å². The summed E-state index contributed by atoms with van der Waals surface area (Å²) in [6.07, 6.45) is 3.80. The number of carboxylic acids is 1. The molecule has 0 aromatic heterocycles. The third kappa shape index (κ3) is 4.44. The van der Waals surface area contributed by atoms with Gasteiger partial charge in [0.25, 0.3) is 0 Å². The first-order chi connectivity index (χ1) is 9.19. The van der Waals surface area contributed by atoms with Gasteiger partial charge in [0, 0.05) is 32.2 Å². The fourth-order valence-electron chi connectivity index (χ4n) is 3.30. The molecule has 0 atom stereocenters. The molecule has 0 unspecified atom stereocenters. The molecular weight excluding hydrogens is 242 g/mol. The van der Waals surface area contributed by atoms with Crippen LogP contribution in [-0.4, -0.2) is 84.2 Å². The lowest BCUT2D eigenvalue weighted by atomic mass is 10.0. The number of likely N-dealkylation sites (tertiary alicyclic amines) is 1. The predicted octanol–water partition coefficient (Wildman–Crippen LogP) is 0.563. The van der Waals surface area contributed by atoms with Gasteiger partial charge in [0.2, 0.25) is 0 Å². The highest BCUT2D eigenvalue weighted by atomic mass is 16.4. The van der Waals surface area contributed by atoms with Crippen molar-refractivity contribution in [2.75, 3.05) is 52.4 Å². The largest absolute Gasteiger partial charge is 0.480 e. The van der Waals surface area contributed by atoms with E-state index in [1.54, 1.807) is 0 Å². The molecule has 0 aliphatic carbocycles. The van der Waals surface area contributed by atoms with E-state index in [1.165, 1.54) is 38.9 Å². The van der Waals surface area contributed by atoms with Crippen LogP contribution >= 0.6 is 0 Å². The molecule has 0 spiro atoms. The van der Waals surface area contributed by atoms with Gasteiger partial charge in [-0.05, 0) is 38.9 Å². The van der Waals surface area contributed by atoms with E-state index in [1.807, 2.05) is 4.90 Å². The topological polar surface area (TPSA) is 47.0 Å². The number of nitrogens with zero attached hydrogens (tertiary/aromatic N) is 3. The van der Waals surface area contributed by atoms with Crippen molar-refractivity contribution in [3.8, 4) is 0 Å². The number of hydrogen-bond donors (Lipinski definition) is 1. The first kappa shape index (κ1) is 14.8. The van der Waals surface area contributed by atoms with Crippen LogP contribution in [0.2, 0.25) is 0 Å². The molecule has 5 heteroatoms. The normalized spacial score (nSPS) is 24.7. The van der Waals surface area contributed by atoms with Gasteiger partial charge in [0.15, 0.2) is 0 Å². The highest BCUT2D eigenvalue weighted by Gasteiger charge is 2.27. The minimum absolute atomic E-state index is 0.197. The van der Waals surface area contributed by atoms with Gasteiger partial charge < -0.3 is 10.0 Å². The van der Waals surface area contributed by atoms with Crippen LogP contribution < -0.4 is 0 Å². The molecule has 0 amide bonds. The standard InChI is InChI=1S/C14H27N3O2/c1-2-5-15-6-3-13(4-7-15)17-10-8-16(9-11-17)12-14(18)19/h13H,2-12H2,1H3,(H,18,19). The smallest absolute Gasteiger partial charge is 0.317 e. The maximum atomic E-state index is 10.7. The van der Waals surface area contributed by atoms with Crippen LogP contribution in [0.4, 0.5) is 0 Å². The first-order valence-corrected chi connectivity index (χ1v) is 7.59. The van der Waals surface area contributed by atoms with Gasteiger partial charge in [-0.3, -0.25) is 14.6 Å². The second-order valence-electron chi connectivity index (χ2n) is 5.78. The van der Waals surface area contributed by atoms with Crippen LogP contribution in [0.25, 0.3) is 0 Å². The van der Waals surface area contributed by atoms with E-state index >= 15 is 0 Å². The van der Waals surface area contributed by atoms with Crippen LogP contribution in [0.15, 0.2) is 0 Å². The van der Waals surface area contributed by atoms with Gasteiger partial charge in [0.05, 0.1) is 6.54 Å². The average Bonchev–Trinajstić information content (AvgIpc) is 2.40. The molecule has 0 bridgehead atoms.